The Morgan fingerprint density at radius 3 is 2.89 bits per heavy atom. The van der Waals surface area contributed by atoms with E-state index in [-0.39, 0.29) is 0 Å². The van der Waals surface area contributed by atoms with Gasteiger partial charge in [-0.3, -0.25) is 0 Å². The molecule has 1 saturated carbocycles. The van der Waals surface area contributed by atoms with Crippen LogP contribution in [0.2, 0.25) is 0 Å². The van der Waals surface area contributed by atoms with Gasteiger partial charge in [0.05, 0.1) is 12.0 Å². The van der Waals surface area contributed by atoms with Crippen LogP contribution < -0.4 is 5.32 Å². The molecule has 0 aromatic carbocycles. The van der Waals surface area contributed by atoms with E-state index in [2.05, 4.69) is 35.6 Å². The number of hydrogen-bond donors (Lipinski definition) is 1. The zero-order valence-electron chi connectivity index (χ0n) is 12.1. The van der Waals surface area contributed by atoms with Crippen LogP contribution in [0.5, 0.6) is 0 Å². The number of hydrogen-bond acceptors (Lipinski definition) is 2. The van der Waals surface area contributed by atoms with Gasteiger partial charge in [-0.2, -0.15) is 0 Å². The van der Waals surface area contributed by atoms with E-state index < -0.39 is 0 Å². The fourth-order valence-corrected chi connectivity index (χ4v) is 3.06. The zero-order valence-corrected chi connectivity index (χ0v) is 12.1. The Morgan fingerprint density at radius 2 is 2.22 bits per heavy atom. The minimum atomic E-state index is 0.759. The van der Waals surface area contributed by atoms with Crippen LogP contribution in [-0.4, -0.2) is 22.1 Å². The van der Waals surface area contributed by atoms with Gasteiger partial charge in [0.15, 0.2) is 0 Å². The molecule has 0 bridgehead atoms. The van der Waals surface area contributed by atoms with Crippen LogP contribution in [0.15, 0.2) is 6.33 Å². The first-order chi connectivity index (χ1) is 8.72. The number of rotatable bonds is 6. The van der Waals surface area contributed by atoms with Crippen LogP contribution in [0.1, 0.15) is 50.4 Å². The van der Waals surface area contributed by atoms with Crippen molar-refractivity contribution in [2.75, 3.05) is 6.54 Å². The molecule has 0 saturated heterocycles. The molecule has 3 nitrogen and oxygen atoms in total. The van der Waals surface area contributed by atoms with Gasteiger partial charge in [-0.25, -0.2) is 4.98 Å². The lowest BCUT2D eigenvalue weighted by atomic mass is 9.99. The van der Waals surface area contributed by atoms with Crippen molar-refractivity contribution < 1.29 is 0 Å². The van der Waals surface area contributed by atoms with Gasteiger partial charge in [-0.05, 0) is 52.0 Å². The summed E-state index contributed by atoms with van der Waals surface area (Å²) in [6.07, 6.45) is 8.68. The van der Waals surface area contributed by atoms with Crippen molar-refractivity contribution in [2.45, 2.75) is 65.5 Å². The standard InChI is InChI=1S/C15H27N3/c1-4-9-16-15-7-5-6-14(15)8-10-18-11-17-12(2)13(18)3/h11,14-16H,4-10H2,1-3H3. The highest BCUT2D eigenvalue weighted by molar-refractivity contribution is 5.08. The molecule has 1 heterocycles. The highest BCUT2D eigenvalue weighted by Gasteiger charge is 2.26. The maximum atomic E-state index is 4.38. The smallest absolute Gasteiger partial charge is 0.0951 e. The van der Waals surface area contributed by atoms with Gasteiger partial charge in [0.1, 0.15) is 0 Å². The first kappa shape index (κ1) is 13.6. The summed E-state index contributed by atoms with van der Waals surface area (Å²) in [5.41, 5.74) is 2.49. The van der Waals surface area contributed by atoms with Crippen molar-refractivity contribution >= 4 is 0 Å². The number of nitrogens with zero attached hydrogens (tertiary/aromatic N) is 2. The first-order valence-corrected chi connectivity index (χ1v) is 7.44. The fraction of sp³-hybridized carbons (Fsp3) is 0.800. The van der Waals surface area contributed by atoms with E-state index in [1.54, 1.807) is 0 Å². The monoisotopic (exact) mass is 249 g/mol. The Morgan fingerprint density at radius 1 is 1.39 bits per heavy atom. The molecule has 0 aliphatic heterocycles. The van der Waals surface area contributed by atoms with Crippen molar-refractivity contribution in [1.82, 2.24) is 14.9 Å². The summed E-state index contributed by atoms with van der Waals surface area (Å²) in [6, 6.07) is 0.759. The SMILES string of the molecule is CCCNC1CCCC1CCn1cnc(C)c1C. The van der Waals surface area contributed by atoms with E-state index in [9.17, 15) is 0 Å². The highest BCUT2D eigenvalue weighted by Crippen LogP contribution is 2.29. The molecule has 1 N–H and O–H groups in total. The Balaban J connectivity index is 1.83. The second-order valence-electron chi connectivity index (χ2n) is 5.65. The maximum Gasteiger partial charge on any atom is 0.0951 e. The van der Waals surface area contributed by atoms with E-state index in [4.69, 9.17) is 0 Å². The topological polar surface area (TPSA) is 29.9 Å². The second kappa shape index (κ2) is 6.37. The molecule has 1 fully saturated rings. The Kier molecular flexibility index (Phi) is 4.81. The summed E-state index contributed by atoms with van der Waals surface area (Å²) in [4.78, 5) is 4.38. The van der Waals surface area contributed by atoms with Crippen LogP contribution in [0.3, 0.4) is 0 Å². The summed E-state index contributed by atoms with van der Waals surface area (Å²) < 4.78 is 2.31. The van der Waals surface area contributed by atoms with Crippen molar-refractivity contribution in [3.8, 4) is 0 Å². The van der Waals surface area contributed by atoms with Crippen molar-refractivity contribution in [1.29, 1.82) is 0 Å². The molecule has 0 spiro atoms. The second-order valence-corrected chi connectivity index (χ2v) is 5.65. The number of imidazole rings is 1. The zero-order chi connectivity index (χ0) is 13.0. The van der Waals surface area contributed by atoms with E-state index in [1.807, 2.05) is 6.33 Å². The Bertz CT molecular complexity index is 370. The molecule has 1 aliphatic carbocycles. The van der Waals surface area contributed by atoms with Crippen molar-refractivity contribution in [2.24, 2.45) is 5.92 Å². The molecule has 18 heavy (non-hydrogen) atoms. The lowest BCUT2D eigenvalue weighted by molar-refractivity contribution is 0.360. The van der Waals surface area contributed by atoms with Crippen LogP contribution in [0, 0.1) is 19.8 Å². The van der Waals surface area contributed by atoms with Crippen LogP contribution in [-0.2, 0) is 6.54 Å². The maximum absolute atomic E-state index is 4.38. The Labute approximate surface area is 111 Å². The summed E-state index contributed by atoms with van der Waals surface area (Å²) in [6.45, 7) is 8.80. The number of aryl methyl sites for hydroxylation is 2. The number of aromatic nitrogens is 2. The molecule has 1 aliphatic rings. The predicted octanol–water partition coefficient (Wildman–Crippen LogP) is 3.06. The molecular weight excluding hydrogens is 222 g/mol. The molecule has 2 rings (SSSR count). The molecular formula is C15H27N3. The van der Waals surface area contributed by atoms with E-state index in [0.717, 1.165) is 18.5 Å². The van der Waals surface area contributed by atoms with Gasteiger partial charge >= 0.3 is 0 Å². The summed E-state index contributed by atoms with van der Waals surface area (Å²) in [7, 11) is 0. The fourth-order valence-electron chi connectivity index (χ4n) is 3.06. The lowest BCUT2D eigenvalue weighted by Crippen LogP contribution is -2.33. The van der Waals surface area contributed by atoms with Crippen molar-refractivity contribution in [3.05, 3.63) is 17.7 Å². The molecule has 2 unspecified atom stereocenters. The van der Waals surface area contributed by atoms with Gasteiger partial charge in [-0.15, -0.1) is 0 Å². The molecule has 102 valence electrons. The highest BCUT2D eigenvalue weighted by atomic mass is 15.1. The summed E-state index contributed by atoms with van der Waals surface area (Å²) in [5, 5.41) is 3.71. The molecule has 1 aromatic rings. The van der Waals surface area contributed by atoms with E-state index >= 15 is 0 Å². The molecule has 0 amide bonds. The number of nitrogens with one attached hydrogen (secondary N) is 1. The lowest BCUT2D eigenvalue weighted by Gasteiger charge is -2.21. The van der Waals surface area contributed by atoms with Gasteiger partial charge in [0.2, 0.25) is 0 Å². The van der Waals surface area contributed by atoms with Gasteiger partial charge in [-0.1, -0.05) is 13.3 Å². The largest absolute Gasteiger partial charge is 0.335 e. The molecule has 2 atom stereocenters. The third-order valence-corrected chi connectivity index (χ3v) is 4.40. The van der Waals surface area contributed by atoms with Crippen LogP contribution in [0.25, 0.3) is 0 Å². The summed E-state index contributed by atoms with van der Waals surface area (Å²) in [5.74, 6) is 0.860. The van der Waals surface area contributed by atoms with Gasteiger partial charge in [0, 0.05) is 18.3 Å². The average molecular weight is 249 g/mol. The van der Waals surface area contributed by atoms with Crippen LogP contribution >= 0.6 is 0 Å². The minimum absolute atomic E-state index is 0.759. The molecule has 0 radical (unpaired) electrons. The van der Waals surface area contributed by atoms with Crippen LogP contribution in [0.4, 0.5) is 0 Å². The normalized spacial score (nSPS) is 23.7. The minimum Gasteiger partial charge on any atom is -0.335 e. The third-order valence-electron chi connectivity index (χ3n) is 4.40. The summed E-state index contributed by atoms with van der Waals surface area (Å²) >= 11 is 0. The molecule has 3 heteroatoms. The first-order valence-electron chi connectivity index (χ1n) is 7.44. The average Bonchev–Trinajstić information content (AvgIpc) is 2.94. The predicted molar refractivity (Wildman–Crippen MR) is 75.7 cm³/mol. The van der Waals surface area contributed by atoms with E-state index in [0.29, 0.717) is 0 Å². The van der Waals surface area contributed by atoms with Gasteiger partial charge < -0.3 is 9.88 Å². The third kappa shape index (κ3) is 3.14. The van der Waals surface area contributed by atoms with Gasteiger partial charge in [0.25, 0.3) is 0 Å². The molecule has 1 aromatic heterocycles. The Hall–Kier alpha value is -0.830. The quantitative estimate of drug-likeness (QED) is 0.839. The van der Waals surface area contributed by atoms with Crippen molar-refractivity contribution in [3.63, 3.8) is 0 Å². The van der Waals surface area contributed by atoms with E-state index in [1.165, 1.54) is 50.0 Å².